The molecule has 0 fully saturated rings. The Hall–Kier alpha value is 0.420. The van der Waals surface area contributed by atoms with E-state index < -0.39 is 13.8 Å². The molecule has 1 rings (SSSR count). The van der Waals surface area contributed by atoms with Gasteiger partial charge in [-0.1, -0.05) is 0 Å². The second-order valence-electron chi connectivity index (χ2n) is 3.05. The van der Waals surface area contributed by atoms with Gasteiger partial charge in [-0.15, -0.1) is 11.3 Å². The Morgan fingerprint density at radius 3 is 2.31 bits per heavy atom. The summed E-state index contributed by atoms with van der Waals surface area (Å²) in [6, 6.07) is 3.57. The van der Waals surface area contributed by atoms with E-state index in [-0.39, 0.29) is 0 Å². The predicted molar refractivity (Wildman–Crippen MR) is 59.8 cm³/mol. The average Bonchev–Trinajstić information content (AvgIpc) is 2.33. The molecule has 0 amide bonds. The van der Waals surface area contributed by atoms with Gasteiger partial charge in [0.15, 0.2) is 0 Å². The van der Waals surface area contributed by atoms with Crippen molar-refractivity contribution in [1.29, 1.82) is 0 Å². The van der Waals surface area contributed by atoms with Gasteiger partial charge in [-0.2, -0.15) is 0 Å². The van der Waals surface area contributed by atoms with Gasteiger partial charge >= 0.3 is 0 Å². The summed E-state index contributed by atoms with van der Waals surface area (Å²) in [5.41, 5.74) is 0. The smallest absolute Gasteiger partial charge is 0.211 e. The number of rotatable bonds is 2. The molecule has 0 saturated carbocycles. The number of thiophene rings is 1. The summed E-state index contributed by atoms with van der Waals surface area (Å²) in [4.78, 5) is 0.731. The highest BCUT2D eigenvalue weighted by Gasteiger charge is 2.35. The van der Waals surface area contributed by atoms with Gasteiger partial charge < -0.3 is 0 Å². The highest BCUT2D eigenvalue weighted by atomic mass is 79.9. The van der Waals surface area contributed by atoms with E-state index in [4.69, 9.17) is 10.7 Å². The maximum atomic E-state index is 11.2. The van der Waals surface area contributed by atoms with E-state index >= 15 is 0 Å². The van der Waals surface area contributed by atoms with Crippen molar-refractivity contribution < 1.29 is 8.42 Å². The normalized spacial score (nSPS) is 13.2. The van der Waals surface area contributed by atoms with Crippen LogP contribution in [0, 0.1) is 0 Å². The van der Waals surface area contributed by atoms with E-state index in [2.05, 4.69) is 15.9 Å². The molecule has 0 bridgehead atoms. The molecule has 1 heterocycles. The molecule has 1 aromatic heterocycles. The molecule has 13 heavy (non-hydrogen) atoms. The van der Waals surface area contributed by atoms with Gasteiger partial charge in [0.05, 0.1) is 3.79 Å². The van der Waals surface area contributed by atoms with Crippen molar-refractivity contribution in [1.82, 2.24) is 0 Å². The van der Waals surface area contributed by atoms with Crippen LogP contribution in [0.5, 0.6) is 0 Å². The molecule has 0 aliphatic carbocycles. The summed E-state index contributed by atoms with van der Waals surface area (Å²) in [7, 11) is 1.75. The minimum absolute atomic E-state index is 0.731. The fourth-order valence-corrected chi connectivity index (χ4v) is 3.29. The minimum Gasteiger partial charge on any atom is -0.211 e. The lowest BCUT2D eigenvalue weighted by atomic mass is 10.2. The van der Waals surface area contributed by atoms with Gasteiger partial charge in [0.1, 0.15) is 4.75 Å². The fourth-order valence-electron chi connectivity index (χ4n) is 0.758. The summed E-state index contributed by atoms with van der Waals surface area (Å²) >= 11 is 4.65. The Labute approximate surface area is 94.5 Å². The predicted octanol–water partition coefficient (Wildman–Crippen LogP) is 3.31. The van der Waals surface area contributed by atoms with Crippen LogP contribution in [0.2, 0.25) is 0 Å². The molecule has 0 saturated heterocycles. The van der Waals surface area contributed by atoms with E-state index in [1.807, 2.05) is 6.07 Å². The number of hydrogen-bond donors (Lipinski definition) is 0. The van der Waals surface area contributed by atoms with E-state index in [1.165, 1.54) is 11.3 Å². The van der Waals surface area contributed by atoms with Gasteiger partial charge in [-0.3, -0.25) is 0 Å². The molecule has 0 spiro atoms. The second kappa shape index (κ2) is 3.53. The lowest BCUT2D eigenvalue weighted by Crippen LogP contribution is -2.23. The third kappa shape index (κ3) is 2.26. The topological polar surface area (TPSA) is 34.1 Å². The molecule has 6 heteroatoms. The zero-order chi connectivity index (χ0) is 10.3. The SMILES string of the molecule is CC(C)(c1ccc(Br)s1)S(=O)(=O)Cl. The Kier molecular flexibility index (Phi) is 3.12. The van der Waals surface area contributed by atoms with Gasteiger partial charge in [0, 0.05) is 15.6 Å². The lowest BCUT2D eigenvalue weighted by molar-refractivity contribution is 0.573. The first-order valence-electron chi connectivity index (χ1n) is 3.45. The minimum atomic E-state index is -3.58. The largest absolute Gasteiger partial charge is 0.242 e. The van der Waals surface area contributed by atoms with Gasteiger partial charge in [-0.25, -0.2) is 8.42 Å². The lowest BCUT2D eigenvalue weighted by Gasteiger charge is -2.18. The van der Waals surface area contributed by atoms with Gasteiger partial charge in [-0.05, 0) is 41.9 Å². The first-order chi connectivity index (χ1) is 5.75. The van der Waals surface area contributed by atoms with Crippen LogP contribution in [0.1, 0.15) is 18.7 Å². The van der Waals surface area contributed by atoms with E-state index in [9.17, 15) is 8.42 Å². The average molecular weight is 304 g/mol. The first-order valence-corrected chi connectivity index (χ1v) is 7.37. The molecule has 1 aromatic rings. The van der Waals surface area contributed by atoms with Crippen molar-refractivity contribution >= 4 is 47.0 Å². The van der Waals surface area contributed by atoms with Crippen LogP contribution < -0.4 is 0 Å². The standard InChI is InChI=1S/C7H8BrClO2S2/c1-7(2,13(9,10)11)5-3-4-6(8)12-5/h3-4H,1-2H3. The Morgan fingerprint density at radius 2 is 2.00 bits per heavy atom. The summed E-state index contributed by atoms with van der Waals surface area (Å²) in [6.45, 7) is 3.18. The molecule has 0 unspecified atom stereocenters. The molecule has 0 atom stereocenters. The first kappa shape index (κ1) is 11.5. The molecular formula is C7H8BrClO2S2. The van der Waals surface area contributed by atoms with Crippen LogP contribution in [0.4, 0.5) is 0 Å². The monoisotopic (exact) mass is 302 g/mol. The van der Waals surface area contributed by atoms with Crippen molar-refractivity contribution in [2.24, 2.45) is 0 Å². The Balaban J connectivity index is 3.23. The number of hydrogen-bond acceptors (Lipinski definition) is 3. The van der Waals surface area contributed by atoms with Crippen molar-refractivity contribution in [2.45, 2.75) is 18.6 Å². The quantitative estimate of drug-likeness (QED) is 0.786. The molecular weight excluding hydrogens is 296 g/mol. The zero-order valence-electron chi connectivity index (χ0n) is 7.04. The molecule has 2 nitrogen and oxygen atoms in total. The summed E-state index contributed by atoms with van der Waals surface area (Å²) in [5, 5.41) is 0. The van der Waals surface area contributed by atoms with E-state index in [1.54, 1.807) is 19.9 Å². The third-order valence-corrected chi connectivity index (χ3v) is 6.45. The van der Waals surface area contributed by atoms with Crippen LogP contribution in [0.25, 0.3) is 0 Å². The number of halogens is 2. The third-order valence-electron chi connectivity index (χ3n) is 1.78. The second-order valence-corrected chi connectivity index (χ2v) is 8.63. The molecule has 0 N–H and O–H groups in total. The fraction of sp³-hybridized carbons (Fsp3) is 0.429. The molecule has 0 aliphatic rings. The summed E-state index contributed by atoms with van der Waals surface area (Å²) in [6.07, 6.45) is 0. The van der Waals surface area contributed by atoms with E-state index in [0.717, 1.165) is 8.66 Å². The van der Waals surface area contributed by atoms with Crippen LogP contribution in [0.3, 0.4) is 0 Å². The zero-order valence-corrected chi connectivity index (χ0v) is 11.0. The van der Waals surface area contributed by atoms with Crippen molar-refractivity contribution in [2.75, 3.05) is 0 Å². The highest BCUT2D eigenvalue weighted by molar-refractivity contribution is 9.11. The van der Waals surface area contributed by atoms with Crippen molar-refractivity contribution in [3.63, 3.8) is 0 Å². The van der Waals surface area contributed by atoms with E-state index in [0.29, 0.717) is 0 Å². The molecule has 0 aromatic carbocycles. The maximum absolute atomic E-state index is 11.2. The van der Waals surface area contributed by atoms with Crippen molar-refractivity contribution in [3.8, 4) is 0 Å². The molecule has 74 valence electrons. The van der Waals surface area contributed by atoms with Gasteiger partial charge in [0.25, 0.3) is 0 Å². The Morgan fingerprint density at radius 1 is 1.46 bits per heavy atom. The maximum Gasteiger partial charge on any atom is 0.242 e. The van der Waals surface area contributed by atoms with Gasteiger partial charge in [0.2, 0.25) is 9.05 Å². The van der Waals surface area contributed by atoms with Crippen LogP contribution >= 0.6 is 37.9 Å². The van der Waals surface area contributed by atoms with Crippen LogP contribution in [-0.4, -0.2) is 8.42 Å². The highest BCUT2D eigenvalue weighted by Crippen LogP contribution is 2.38. The summed E-state index contributed by atoms with van der Waals surface area (Å²) < 4.78 is 22.3. The van der Waals surface area contributed by atoms with Crippen molar-refractivity contribution in [3.05, 3.63) is 20.8 Å². The van der Waals surface area contributed by atoms with Crippen LogP contribution in [0.15, 0.2) is 15.9 Å². The Bertz CT molecular complexity index is 408. The molecule has 0 aliphatic heterocycles. The summed E-state index contributed by atoms with van der Waals surface area (Å²) in [5.74, 6) is 0. The van der Waals surface area contributed by atoms with Crippen LogP contribution in [-0.2, 0) is 13.8 Å². The molecule has 0 radical (unpaired) electrons.